The van der Waals surface area contributed by atoms with E-state index in [0.29, 0.717) is 15.2 Å². The zero-order valence-electron chi connectivity index (χ0n) is 18.8. The highest BCUT2D eigenvalue weighted by Gasteiger charge is 2.20. The summed E-state index contributed by atoms with van der Waals surface area (Å²) < 4.78 is 12.3. The van der Waals surface area contributed by atoms with E-state index < -0.39 is 5.91 Å². The lowest BCUT2D eigenvalue weighted by Gasteiger charge is -2.25. The average Bonchev–Trinajstić information content (AvgIpc) is 2.83. The van der Waals surface area contributed by atoms with Crippen molar-refractivity contribution in [3.63, 3.8) is 0 Å². The average molecular weight is 547 g/mol. The summed E-state index contributed by atoms with van der Waals surface area (Å²) in [5.41, 5.74) is 2.44. The van der Waals surface area contributed by atoms with Crippen molar-refractivity contribution in [1.29, 1.82) is 0 Å². The fourth-order valence-electron chi connectivity index (χ4n) is 3.59. The van der Waals surface area contributed by atoms with Crippen molar-refractivity contribution in [1.82, 2.24) is 15.3 Å². The van der Waals surface area contributed by atoms with E-state index >= 15 is 0 Å². The molecule has 1 saturated heterocycles. The Morgan fingerprint density at radius 3 is 2.76 bits per heavy atom. The second kappa shape index (κ2) is 11.0. The molecule has 4 rings (SSSR count). The smallest absolute Gasteiger partial charge is 0.262 e. The van der Waals surface area contributed by atoms with Crippen molar-refractivity contribution < 1.29 is 14.3 Å². The van der Waals surface area contributed by atoms with Crippen LogP contribution in [0, 0.1) is 6.92 Å². The van der Waals surface area contributed by atoms with E-state index in [1.54, 1.807) is 18.2 Å². The highest BCUT2D eigenvalue weighted by molar-refractivity contribution is 9.10. The lowest BCUT2D eigenvalue weighted by atomic mass is 10.1. The number of para-hydroxylation sites is 1. The summed E-state index contributed by atoms with van der Waals surface area (Å²) in [6.07, 6.45) is 3.46. The zero-order valence-corrected chi connectivity index (χ0v) is 21.2. The number of carbonyl (C=O) groups is 1. The van der Waals surface area contributed by atoms with Gasteiger partial charge in [-0.05, 0) is 78.6 Å². The van der Waals surface area contributed by atoms with Crippen LogP contribution < -0.4 is 25.4 Å². The van der Waals surface area contributed by atoms with Crippen LogP contribution in [0.4, 0.5) is 17.3 Å². The summed E-state index contributed by atoms with van der Waals surface area (Å²) >= 11 is 9.61. The minimum Gasteiger partial charge on any atom is -0.488 e. The first-order valence-electron chi connectivity index (χ1n) is 10.9. The Kier molecular flexibility index (Phi) is 7.87. The Morgan fingerprint density at radius 1 is 1.24 bits per heavy atom. The minimum absolute atomic E-state index is 0.131. The van der Waals surface area contributed by atoms with Crippen molar-refractivity contribution in [3.05, 3.63) is 63.2 Å². The zero-order chi connectivity index (χ0) is 24.1. The first-order valence-corrected chi connectivity index (χ1v) is 12.0. The second-order valence-electron chi connectivity index (χ2n) is 7.86. The summed E-state index contributed by atoms with van der Waals surface area (Å²) in [4.78, 5) is 21.6. The van der Waals surface area contributed by atoms with Gasteiger partial charge in [-0.3, -0.25) is 4.79 Å². The number of halogens is 2. The Labute approximate surface area is 211 Å². The standard InChI is InChI=1S/C24H25BrClN5O3/c1-14-6-7-20(34-15-8-10-27-11-9-15)19(12-14)29-24-28-13-16(23(31-24)33-2)22(32)30-21-17(25)4-3-5-18(21)26/h3-7,12-13,15,27H,8-11H2,1-2H3,(H,30,32)(H,28,29,31). The van der Waals surface area contributed by atoms with Gasteiger partial charge in [-0.25, -0.2) is 4.98 Å². The number of piperidine rings is 1. The third-order valence-electron chi connectivity index (χ3n) is 5.35. The number of hydrogen-bond acceptors (Lipinski definition) is 7. The molecular formula is C24H25BrClN5O3. The first kappa shape index (κ1) is 24.3. The molecule has 10 heteroatoms. The molecule has 2 heterocycles. The molecule has 178 valence electrons. The molecule has 0 spiro atoms. The molecule has 1 amide bonds. The van der Waals surface area contributed by atoms with Crippen LogP contribution in [0.25, 0.3) is 0 Å². The number of ether oxygens (including phenoxy) is 2. The van der Waals surface area contributed by atoms with Gasteiger partial charge in [-0.1, -0.05) is 23.7 Å². The van der Waals surface area contributed by atoms with Crippen LogP contribution in [-0.2, 0) is 0 Å². The molecule has 3 N–H and O–H groups in total. The summed E-state index contributed by atoms with van der Waals surface area (Å²) in [6.45, 7) is 3.88. The molecule has 34 heavy (non-hydrogen) atoms. The van der Waals surface area contributed by atoms with E-state index in [0.717, 1.165) is 42.9 Å². The third kappa shape index (κ3) is 5.78. The molecule has 1 aromatic heterocycles. The number of anilines is 3. The van der Waals surface area contributed by atoms with Gasteiger partial charge in [-0.2, -0.15) is 4.98 Å². The molecule has 1 fully saturated rings. The van der Waals surface area contributed by atoms with Crippen LogP contribution in [0.2, 0.25) is 5.02 Å². The van der Waals surface area contributed by atoms with Gasteiger partial charge in [0.15, 0.2) is 0 Å². The number of nitrogens with zero attached hydrogens (tertiary/aromatic N) is 2. The Bertz CT molecular complexity index is 1170. The van der Waals surface area contributed by atoms with E-state index in [1.807, 2.05) is 25.1 Å². The fraction of sp³-hybridized carbons (Fsp3) is 0.292. The highest BCUT2D eigenvalue weighted by atomic mass is 79.9. The van der Waals surface area contributed by atoms with Crippen LogP contribution in [0.15, 0.2) is 47.1 Å². The number of rotatable bonds is 7. The number of methoxy groups -OCH3 is 1. The van der Waals surface area contributed by atoms with Crippen LogP contribution >= 0.6 is 27.5 Å². The molecule has 0 radical (unpaired) electrons. The molecule has 0 unspecified atom stereocenters. The molecule has 0 saturated carbocycles. The Balaban J connectivity index is 1.55. The van der Waals surface area contributed by atoms with Crippen LogP contribution in [0.1, 0.15) is 28.8 Å². The molecule has 8 nitrogen and oxygen atoms in total. The van der Waals surface area contributed by atoms with Gasteiger partial charge < -0.3 is 25.4 Å². The largest absolute Gasteiger partial charge is 0.488 e. The van der Waals surface area contributed by atoms with Gasteiger partial charge in [0.2, 0.25) is 11.8 Å². The topological polar surface area (TPSA) is 97.4 Å². The number of amides is 1. The van der Waals surface area contributed by atoms with Gasteiger partial charge in [-0.15, -0.1) is 0 Å². The van der Waals surface area contributed by atoms with Crippen LogP contribution in [0.3, 0.4) is 0 Å². The summed E-state index contributed by atoms with van der Waals surface area (Å²) in [6, 6.07) is 11.2. The summed E-state index contributed by atoms with van der Waals surface area (Å²) in [7, 11) is 1.45. The maximum absolute atomic E-state index is 12.9. The third-order valence-corrected chi connectivity index (χ3v) is 6.33. The number of carbonyl (C=O) groups excluding carboxylic acids is 1. The second-order valence-corrected chi connectivity index (χ2v) is 9.12. The van der Waals surface area contributed by atoms with E-state index in [9.17, 15) is 4.79 Å². The monoisotopic (exact) mass is 545 g/mol. The quantitative estimate of drug-likeness (QED) is 0.368. The highest BCUT2D eigenvalue weighted by Crippen LogP contribution is 2.32. The molecule has 0 bridgehead atoms. The molecule has 0 aliphatic carbocycles. The lowest BCUT2D eigenvalue weighted by molar-refractivity contribution is 0.102. The van der Waals surface area contributed by atoms with Crippen molar-refractivity contribution in [2.45, 2.75) is 25.9 Å². The molecule has 1 aliphatic rings. The van der Waals surface area contributed by atoms with E-state index in [2.05, 4.69) is 41.8 Å². The molecule has 3 aromatic rings. The molecule has 1 aliphatic heterocycles. The molecule has 2 aromatic carbocycles. The Hall–Kier alpha value is -2.88. The van der Waals surface area contributed by atoms with Crippen LogP contribution in [-0.4, -0.2) is 42.2 Å². The molecule has 0 atom stereocenters. The van der Waals surface area contributed by atoms with Gasteiger partial charge in [0.1, 0.15) is 17.4 Å². The fourth-order valence-corrected chi connectivity index (χ4v) is 4.39. The number of hydrogen-bond donors (Lipinski definition) is 3. The van der Waals surface area contributed by atoms with E-state index in [-0.39, 0.29) is 23.5 Å². The normalized spacial score (nSPS) is 13.9. The number of aryl methyl sites for hydroxylation is 1. The van der Waals surface area contributed by atoms with Crippen LogP contribution in [0.5, 0.6) is 11.6 Å². The number of aromatic nitrogens is 2. The first-order chi connectivity index (χ1) is 16.4. The maximum atomic E-state index is 12.9. The number of nitrogens with one attached hydrogen (secondary N) is 3. The number of benzene rings is 2. The van der Waals surface area contributed by atoms with Crippen molar-refractivity contribution >= 4 is 50.8 Å². The van der Waals surface area contributed by atoms with Gasteiger partial charge in [0.25, 0.3) is 5.91 Å². The summed E-state index contributed by atoms with van der Waals surface area (Å²) in [5, 5.41) is 9.73. The summed E-state index contributed by atoms with van der Waals surface area (Å²) in [5.74, 6) is 0.702. The lowest BCUT2D eigenvalue weighted by Crippen LogP contribution is -2.34. The Morgan fingerprint density at radius 2 is 2.03 bits per heavy atom. The predicted molar refractivity (Wildman–Crippen MR) is 137 cm³/mol. The maximum Gasteiger partial charge on any atom is 0.262 e. The van der Waals surface area contributed by atoms with E-state index in [4.69, 9.17) is 21.1 Å². The minimum atomic E-state index is -0.442. The van der Waals surface area contributed by atoms with E-state index in [1.165, 1.54) is 13.3 Å². The van der Waals surface area contributed by atoms with Crippen molar-refractivity contribution in [2.75, 3.05) is 30.8 Å². The van der Waals surface area contributed by atoms with Gasteiger partial charge in [0.05, 0.1) is 23.5 Å². The SMILES string of the molecule is COc1nc(Nc2cc(C)ccc2OC2CCNCC2)ncc1C(=O)Nc1c(Cl)cccc1Br. The van der Waals surface area contributed by atoms with Gasteiger partial charge >= 0.3 is 0 Å². The van der Waals surface area contributed by atoms with Gasteiger partial charge in [0, 0.05) is 10.7 Å². The molecular weight excluding hydrogens is 522 g/mol. The van der Waals surface area contributed by atoms with Crippen molar-refractivity contribution in [3.8, 4) is 11.6 Å². The predicted octanol–water partition coefficient (Wildman–Crippen LogP) is 5.34. The van der Waals surface area contributed by atoms with Crippen molar-refractivity contribution in [2.24, 2.45) is 0 Å².